The van der Waals surface area contributed by atoms with E-state index in [9.17, 15) is 9.59 Å². The molecule has 0 saturated carbocycles. The van der Waals surface area contributed by atoms with Crippen molar-refractivity contribution in [2.24, 2.45) is 0 Å². The van der Waals surface area contributed by atoms with Crippen molar-refractivity contribution in [3.05, 3.63) is 118 Å². The lowest BCUT2D eigenvalue weighted by Gasteiger charge is -2.31. The first-order chi connectivity index (χ1) is 16.1. The van der Waals surface area contributed by atoms with Crippen LogP contribution >= 0.6 is 11.6 Å². The van der Waals surface area contributed by atoms with Gasteiger partial charge in [-0.25, -0.2) is 0 Å². The Morgan fingerprint density at radius 2 is 1.64 bits per heavy atom. The molecule has 5 heteroatoms. The lowest BCUT2D eigenvalue weighted by atomic mass is 9.97. The first kappa shape index (κ1) is 21.2. The number of hydrogen-bond donors (Lipinski definition) is 1. The number of carbonyl (C=O) groups is 2. The van der Waals surface area contributed by atoms with Crippen LogP contribution in [0.3, 0.4) is 0 Å². The third kappa shape index (κ3) is 3.77. The van der Waals surface area contributed by atoms with Crippen LogP contribution in [0.5, 0.6) is 0 Å². The van der Waals surface area contributed by atoms with Crippen LogP contribution in [0, 0.1) is 0 Å². The predicted molar refractivity (Wildman–Crippen MR) is 131 cm³/mol. The highest BCUT2D eigenvalue weighted by atomic mass is 35.5. The maximum absolute atomic E-state index is 13.5. The van der Waals surface area contributed by atoms with E-state index in [1.807, 2.05) is 67.6 Å². The van der Waals surface area contributed by atoms with Crippen molar-refractivity contribution in [1.29, 1.82) is 0 Å². The Morgan fingerprint density at radius 3 is 2.48 bits per heavy atom. The molecular weight excluding hydrogens is 432 g/mol. The standard InChI is InChI=1S/C28H23ClN2O2/c1-18(21-15-8-11-19-9-2-4-12-22(19)21)31-26(23-13-5-6-14-24(23)28(31)33)27(32)30-17-20-10-3-7-16-25(20)29/h2-16,18,26H,17H2,1H3,(H,30,32)/t18-,26?/m0/s1. The Labute approximate surface area is 197 Å². The zero-order valence-electron chi connectivity index (χ0n) is 18.2. The van der Waals surface area contributed by atoms with Gasteiger partial charge in [0.2, 0.25) is 5.91 Å². The van der Waals surface area contributed by atoms with Crippen molar-refractivity contribution in [3.63, 3.8) is 0 Å². The SMILES string of the molecule is C[C@@H](c1cccc2ccccc12)N1C(=O)c2ccccc2C1C(=O)NCc1ccccc1Cl. The molecule has 2 amide bonds. The summed E-state index contributed by atoms with van der Waals surface area (Å²) in [5, 5.41) is 5.78. The molecule has 1 heterocycles. The fourth-order valence-corrected chi connectivity index (χ4v) is 4.89. The Balaban J connectivity index is 1.52. The Hall–Kier alpha value is -3.63. The van der Waals surface area contributed by atoms with Gasteiger partial charge in [-0.05, 0) is 46.5 Å². The van der Waals surface area contributed by atoms with Gasteiger partial charge in [-0.1, -0.05) is 90.5 Å². The van der Waals surface area contributed by atoms with E-state index >= 15 is 0 Å². The smallest absolute Gasteiger partial charge is 0.255 e. The fraction of sp³-hybridized carbons (Fsp3) is 0.143. The van der Waals surface area contributed by atoms with Crippen molar-refractivity contribution in [2.75, 3.05) is 0 Å². The van der Waals surface area contributed by atoms with Crippen LogP contribution < -0.4 is 5.32 Å². The third-order valence-electron chi connectivity index (χ3n) is 6.35. The summed E-state index contributed by atoms with van der Waals surface area (Å²) in [5.41, 5.74) is 3.14. The van der Waals surface area contributed by atoms with Gasteiger partial charge in [0.05, 0.1) is 6.04 Å². The maximum Gasteiger partial charge on any atom is 0.255 e. The van der Waals surface area contributed by atoms with Crippen molar-refractivity contribution >= 4 is 34.2 Å². The van der Waals surface area contributed by atoms with Crippen LogP contribution in [0.15, 0.2) is 91.0 Å². The Bertz CT molecular complexity index is 1360. The molecule has 0 bridgehead atoms. The highest BCUT2D eigenvalue weighted by Crippen LogP contribution is 2.41. The molecule has 1 N–H and O–H groups in total. The number of amides is 2. The third-order valence-corrected chi connectivity index (χ3v) is 6.72. The van der Waals surface area contributed by atoms with Crippen LogP contribution in [0.1, 0.15) is 46.1 Å². The topological polar surface area (TPSA) is 49.4 Å². The Kier molecular flexibility index (Phi) is 5.61. The molecule has 1 unspecified atom stereocenters. The van der Waals surface area contributed by atoms with Crippen LogP contribution in [-0.4, -0.2) is 16.7 Å². The van der Waals surface area contributed by atoms with Crippen LogP contribution in [-0.2, 0) is 11.3 Å². The maximum atomic E-state index is 13.5. The summed E-state index contributed by atoms with van der Waals surface area (Å²) in [6, 6.07) is 27.9. The number of halogens is 1. The number of fused-ring (bicyclic) bond motifs is 2. The zero-order chi connectivity index (χ0) is 22.9. The summed E-state index contributed by atoms with van der Waals surface area (Å²) < 4.78 is 0. The summed E-state index contributed by atoms with van der Waals surface area (Å²) in [4.78, 5) is 28.7. The molecule has 5 rings (SSSR count). The summed E-state index contributed by atoms with van der Waals surface area (Å²) in [5.74, 6) is -0.357. The first-order valence-electron chi connectivity index (χ1n) is 11.0. The largest absolute Gasteiger partial charge is 0.350 e. The minimum Gasteiger partial charge on any atom is -0.350 e. The minimum atomic E-state index is -0.717. The number of benzene rings is 4. The molecule has 1 aliphatic rings. The van der Waals surface area contributed by atoms with Crippen molar-refractivity contribution in [3.8, 4) is 0 Å². The second-order valence-electron chi connectivity index (χ2n) is 8.26. The second kappa shape index (κ2) is 8.72. The average Bonchev–Trinajstić information content (AvgIpc) is 3.15. The van der Waals surface area contributed by atoms with Crippen LogP contribution in [0.2, 0.25) is 5.02 Å². The molecule has 4 nitrogen and oxygen atoms in total. The normalized spacial score (nSPS) is 16.0. The number of carbonyl (C=O) groups excluding carboxylic acids is 2. The number of nitrogens with zero attached hydrogens (tertiary/aromatic N) is 1. The van der Waals surface area contributed by atoms with Gasteiger partial charge >= 0.3 is 0 Å². The van der Waals surface area contributed by atoms with Gasteiger partial charge < -0.3 is 10.2 Å². The molecule has 4 aromatic rings. The average molecular weight is 455 g/mol. The molecule has 0 fully saturated rings. The van der Waals surface area contributed by atoms with E-state index in [1.54, 1.807) is 17.0 Å². The van der Waals surface area contributed by atoms with Gasteiger partial charge in [-0.2, -0.15) is 0 Å². The van der Waals surface area contributed by atoms with Gasteiger partial charge in [0.1, 0.15) is 6.04 Å². The molecule has 1 aliphatic heterocycles. The van der Waals surface area contributed by atoms with Crippen LogP contribution in [0.4, 0.5) is 0 Å². The summed E-state index contributed by atoms with van der Waals surface area (Å²) >= 11 is 6.27. The molecular formula is C28H23ClN2O2. The highest BCUT2D eigenvalue weighted by Gasteiger charge is 2.43. The van der Waals surface area contributed by atoms with Gasteiger partial charge in [0.25, 0.3) is 5.91 Å². The Morgan fingerprint density at radius 1 is 0.939 bits per heavy atom. The first-order valence-corrected chi connectivity index (χ1v) is 11.3. The van der Waals surface area contributed by atoms with E-state index in [0.29, 0.717) is 17.1 Å². The van der Waals surface area contributed by atoms with E-state index < -0.39 is 6.04 Å². The number of hydrogen-bond acceptors (Lipinski definition) is 2. The van der Waals surface area contributed by atoms with Gasteiger partial charge in [0.15, 0.2) is 0 Å². The van der Waals surface area contributed by atoms with Crippen molar-refractivity contribution in [2.45, 2.75) is 25.6 Å². The molecule has 33 heavy (non-hydrogen) atoms. The second-order valence-corrected chi connectivity index (χ2v) is 8.66. The molecule has 2 atom stereocenters. The molecule has 4 aromatic carbocycles. The summed E-state index contributed by atoms with van der Waals surface area (Å²) in [6.07, 6.45) is 0. The quantitative estimate of drug-likeness (QED) is 0.398. The van der Waals surface area contributed by atoms with E-state index in [1.165, 1.54) is 0 Å². The number of rotatable bonds is 5. The molecule has 0 spiro atoms. The zero-order valence-corrected chi connectivity index (χ0v) is 18.9. The predicted octanol–water partition coefficient (Wildman–Crippen LogP) is 6.07. The molecule has 0 aromatic heterocycles. The van der Waals surface area contributed by atoms with Gasteiger partial charge in [-0.3, -0.25) is 9.59 Å². The molecule has 0 saturated heterocycles. The fourth-order valence-electron chi connectivity index (χ4n) is 4.69. The molecule has 0 aliphatic carbocycles. The van der Waals surface area contributed by atoms with E-state index in [-0.39, 0.29) is 17.9 Å². The van der Waals surface area contributed by atoms with Gasteiger partial charge in [0, 0.05) is 17.1 Å². The summed E-state index contributed by atoms with van der Waals surface area (Å²) in [7, 11) is 0. The highest BCUT2D eigenvalue weighted by molar-refractivity contribution is 6.31. The lowest BCUT2D eigenvalue weighted by molar-refractivity contribution is -0.126. The minimum absolute atomic E-state index is 0.135. The number of nitrogens with one attached hydrogen (secondary N) is 1. The van der Waals surface area contributed by atoms with E-state index in [2.05, 4.69) is 23.5 Å². The van der Waals surface area contributed by atoms with Gasteiger partial charge in [-0.15, -0.1) is 0 Å². The molecule has 0 radical (unpaired) electrons. The summed E-state index contributed by atoms with van der Waals surface area (Å²) in [6.45, 7) is 2.28. The lowest BCUT2D eigenvalue weighted by Crippen LogP contribution is -2.40. The monoisotopic (exact) mass is 454 g/mol. The van der Waals surface area contributed by atoms with Crippen molar-refractivity contribution < 1.29 is 9.59 Å². The van der Waals surface area contributed by atoms with E-state index in [0.717, 1.165) is 27.5 Å². The van der Waals surface area contributed by atoms with E-state index in [4.69, 9.17) is 11.6 Å². The van der Waals surface area contributed by atoms with Crippen LogP contribution in [0.25, 0.3) is 10.8 Å². The molecule has 164 valence electrons. The van der Waals surface area contributed by atoms with Crippen molar-refractivity contribution in [1.82, 2.24) is 10.2 Å².